The van der Waals surface area contributed by atoms with Crippen molar-refractivity contribution in [3.63, 3.8) is 0 Å². The number of carbonyl (C=O) groups is 2. The van der Waals surface area contributed by atoms with Crippen LogP contribution < -0.4 is 5.32 Å². The highest BCUT2D eigenvalue weighted by Gasteiger charge is 2.42. The number of hydrogen-bond donors (Lipinski definition) is 3. The summed E-state index contributed by atoms with van der Waals surface area (Å²) < 4.78 is 5.74. The summed E-state index contributed by atoms with van der Waals surface area (Å²) in [6.07, 6.45) is 4.17. The van der Waals surface area contributed by atoms with E-state index in [0.717, 1.165) is 22.7 Å². The minimum atomic E-state index is -1.23. The molecule has 0 saturated heterocycles. The topological polar surface area (TPSA) is 109 Å². The predicted octanol–water partition coefficient (Wildman–Crippen LogP) is 3.44. The molecule has 7 nitrogen and oxygen atoms in total. The van der Waals surface area contributed by atoms with E-state index in [2.05, 4.69) is 10.3 Å². The Balaban J connectivity index is 2.27. The Kier molecular flexibility index (Phi) is 9.97. The molecule has 1 unspecified atom stereocenters. The number of nitrogens with zero attached hydrogens (tertiary/aromatic N) is 1. The first kappa shape index (κ1) is 27.4. The van der Waals surface area contributed by atoms with Gasteiger partial charge in [0.2, 0.25) is 0 Å². The van der Waals surface area contributed by atoms with Gasteiger partial charge in [0, 0.05) is 23.8 Å². The zero-order valence-corrected chi connectivity index (χ0v) is 21.3. The Bertz CT molecular complexity index is 876. The van der Waals surface area contributed by atoms with E-state index in [4.69, 9.17) is 4.74 Å². The van der Waals surface area contributed by atoms with E-state index in [9.17, 15) is 19.8 Å². The third-order valence-corrected chi connectivity index (χ3v) is 7.15. The van der Waals surface area contributed by atoms with Gasteiger partial charge in [-0.25, -0.2) is 4.98 Å². The van der Waals surface area contributed by atoms with E-state index in [-0.39, 0.29) is 18.2 Å². The van der Waals surface area contributed by atoms with E-state index < -0.39 is 35.6 Å². The summed E-state index contributed by atoms with van der Waals surface area (Å²) in [4.78, 5) is 30.3. The summed E-state index contributed by atoms with van der Waals surface area (Å²) >= 11 is 1.55. The van der Waals surface area contributed by atoms with Crippen LogP contribution in [0, 0.1) is 18.3 Å². The van der Waals surface area contributed by atoms with Crippen molar-refractivity contribution < 1.29 is 24.5 Å². The van der Waals surface area contributed by atoms with Gasteiger partial charge in [0.05, 0.1) is 34.7 Å². The van der Waals surface area contributed by atoms with Gasteiger partial charge in [0.25, 0.3) is 0 Å². The Morgan fingerprint density at radius 1 is 1.27 bits per heavy atom. The quantitative estimate of drug-likeness (QED) is 0.441. The lowest BCUT2D eigenvalue weighted by Gasteiger charge is -2.34. The van der Waals surface area contributed by atoms with Crippen molar-refractivity contribution in [1.29, 1.82) is 0 Å². The van der Waals surface area contributed by atoms with E-state index in [1.54, 1.807) is 32.1 Å². The molecule has 2 heterocycles. The summed E-state index contributed by atoms with van der Waals surface area (Å²) in [7, 11) is 0. The molecule has 184 valence electrons. The highest BCUT2D eigenvalue weighted by atomic mass is 32.1. The van der Waals surface area contributed by atoms with Crippen LogP contribution in [0.2, 0.25) is 0 Å². The molecule has 0 aliphatic carbocycles. The van der Waals surface area contributed by atoms with E-state index >= 15 is 0 Å². The number of hydrogen-bond acceptors (Lipinski definition) is 8. The fraction of sp³-hybridized carbons (Fsp3) is 0.640. The average molecular weight is 479 g/mol. The lowest BCUT2D eigenvalue weighted by Crippen LogP contribution is -2.49. The van der Waals surface area contributed by atoms with Crippen LogP contribution in [0.3, 0.4) is 0 Å². The molecule has 33 heavy (non-hydrogen) atoms. The van der Waals surface area contributed by atoms with Crippen LogP contribution in [-0.4, -0.2) is 57.8 Å². The molecular weight excluding hydrogens is 440 g/mol. The summed E-state index contributed by atoms with van der Waals surface area (Å²) in [5, 5.41) is 27.6. The highest BCUT2D eigenvalue weighted by molar-refractivity contribution is 7.09. The summed E-state index contributed by atoms with van der Waals surface area (Å²) in [5.74, 6) is -1.56. The number of Topliss-reactive ketones (excluding diaryl/α,β-unsaturated/α-hetero) is 1. The van der Waals surface area contributed by atoms with Gasteiger partial charge < -0.3 is 20.3 Å². The van der Waals surface area contributed by atoms with E-state index in [0.29, 0.717) is 13.0 Å². The maximum Gasteiger partial charge on any atom is 0.309 e. The second-order valence-corrected chi connectivity index (χ2v) is 10.5. The molecule has 1 aromatic rings. The van der Waals surface area contributed by atoms with Gasteiger partial charge in [0.1, 0.15) is 11.9 Å². The molecule has 0 amide bonds. The van der Waals surface area contributed by atoms with Crippen LogP contribution in [0.5, 0.6) is 0 Å². The number of aryl methyl sites for hydroxylation is 1. The minimum Gasteiger partial charge on any atom is -0.457 e. The largest absolute Gasteiger partial charge is 0.457 e. The normalized spacial score (nSPS) is 31.8. The van der Waals surface area contributed by atoms with Crippen LogP contribution in [0.1, 0.15) is 64.6 Å². The molecule has 1 aromatic heterocycles. The number of esters is 1. The van der Waals surface area contributed by atoms with Gasteiger partial charge in [-0.2, -0.15) is 0 Å². The second kappa shape index (κ2) is 12.0. The minimum absolute atomic E-state index is 0.289. The van der Waals surface area contributed by atoms with Crippen molar-refractivity contribution in [2.75, 3.05) is 6.54 Å². The van der Waals surface area contributed by atoms with Gasteiger partial charge in [-0.3, -0.25) is 9.59 Å². The zero-order valence-electron chi connectivity index (χ0n) is 20.5. The Hall–Kier alpha value is -1.87. The van der Waals surface area contributed by atoms with Crippen molar-refractivity contribution in [2.45, 2.75) is 85.2 Å². The van der Waals surface area contributed by atoms with Gasteiger partial charge in [-0.05, 0) is 45.4 Å². The van der Waals surface area contributed by atoms with Crippen LogP contribution in [0.15, 0.2) is 23.1 Å². The van der Waals surface area contributed by atoms with Crippen molar-refractivity contribution in [2.24, 2.45) is 11.3 Å². The highest BCUT2D eigenvalue weighted by Crippen LogP contribution is 2.30. The Labute approximate surface area is 201 Å². The van der Waals surface area contributed by atoms with Gasteiger partial charge in [-0.1, -0.05) is 32.9 Å². The van der Waals surface area contributed by atoms with Gasteiger partial charge in [0.15, 0.2) is 0 Å². The lowest BCUT2D eigenvalue weighted by atomic mass is 9.74. The molecule has 1 aliphatic rings. The van der Waals surface area contributed by atoms with E-state index in [1.165, 1.54) is 0 Å². The number of rotatable bonds is 2. The average Bonchev–Trinajstić information content (AvgIpc) is 3.16. The smallest absolute Gasteiger partial charge is 0.309 e. The Morgan fingerprint density at radius 3 is 2.61 bits per heavy atom. The van der Waals surface area contributed by atoms with Gasteiger partial charge >= 0.3 is 5.97 Å². The third-order valence-electron chi connectivity index (χ3n) is 6.35. The first-order valence-corrected chi connectivity index (χ1v) is 12.4. The molecule has 8 heteroatoms. The van der Waals surface area contributed by atoms with Crippen molar-refractivity contribution in [3.05, 3.63) is 33.8 Å². The molecule has 2 rings (SSSR count). The summed E-state index contributed by atoms with van der Waals surface area (Å²) in [6.45, 7) is 11.2. The maximum atomic E-state index is 13.1. The first-order chi connectivity index (χ1) is 15.4. The van der Waals surface area contributed by atoms with Crippen LogP contribution >= 0.6 is 11.3 Å². The fourth-order valence-electron chi connectivity index (χ4n) is 3.91. The van der Waals surface area contributed by atoms with Gasteiger partial charge in [-0.15, -0.1) is 11.3 Å². The molecule has 0 saturated carbocycles. The number of ether oxygens (including phenoxy) is 1. The number of carbonyl (C=O) groups excluding carboxylic acids is 2. The zero-order chi connectivity index (χ0) is 24.8. The summed E-state index contributed by atoms with van der Waals surface area (Å²) in [5.41, 5.74) is 0.460. The Morgan fingerprint density at radius 2 is 1.97 bits per heavy atom. The summed E-state index contributed by atoms with van der Waals surface area (Å²) in [6, 6.07) is -0.289. The number of aliphatic hydroxyl groups excluding tert-OH is 2. The fourth-order valence-corrected chi connectivity index (χ4v) is 4.48. The number of cyclic esters (lactones) is 1. The number of aromatic nitrogens is 1. The molecule has 3 N–H and O–H groups in total. The molecule has 0 radical (unpaired) electrons. The molecule has 0 fully saturated rings. The number of ketones is 1. The molecular formula is C25H38N2O5S. The lowest BCUT2D eigenvalue weighted by molar-refractivity contribution is -0.154. The molecule has 0 aromatic carbocycles. The maximum absolute atomic E-state index is 13.1. The number of thiazole rings is 1. The van der Waals surface area contributed by atoms with Crippen LogP contribution in [0.25, 0.3) is 6.08 Å². The molecule has 0 bridgehead atoms. The van der Waals surface area contributed by atoms with Crippen molar-refractivity contribution in [3.8, 4) is 0 Å². The van der Waals surface area contributed by atoms with Crippen LogP contribution in [0.4, 0.5) is 0 Å². The SMILES string of the molecule is CC(=Cc1csc(C)n1)C1C/C=C/CCN[C@@H](C)[C@@H](O)[C@@H](C)C(=O)C(C)(C)[C@@H](O)CC(=O)O1. The third kappa shape index (κ3) is 7.57. The first-order valence-electron chi connectivity index (χ1n) is 11.5. The molecule has 1 aliphatic heterocycles. The number of nitrogens with one attached hydrogen (secondary N) is 1. The predicted molar refractivity (Wildman–Crippen MR) is 131 cm³/mol. The van der Waals surface area contributed by atoms with E-state index in [1.807, 2.05) is 44.4 Å². The van der Waals surface area contributed by atoms with Crippen molar-refractivity contribution >= 4 is 29.2 Å². The molecule has 5 atom stereocenters. The molecule has 0 spiro atoms. The monoisotopic (exact) mass is 478 g/mol. The standard InChI is InChI=1S/C25H38N2O5S/c1-15(12-19-14-33-18(4)27-19)20-10-8-7-9-11-26-17(3)23(30)16(2)24(31)25(5,6)21(28)13-22(29)32-20/h7-8,12,14,16-17,20-21,23,26,28,30H,9-11,13H2,1-6H3/b8-7+,15-12?/t16-,17+,20?,21+,23+/m1/s1. The van der Waals surface area contributed by atoms with Crippen LogP contribution in [-0.2, 0) is 14.3 Å². The second-order valence-electron chi connectivity index (χ2n) is 9.48. The van der Waals surface area contributed by atoms with Crippen molar-refractivity contribution in [1.82, 2.24) is 10.3 Å². The number of aliphatic hydroxyl groups is 2.